The molecule has 2 heterocycles. The molecule has 1 amide bonds. The van der Waals surface area contributed by atoms with Gasteiger partial charge in [-0.25, -0.2) is 0 Å². The van der Waals surface area contributed by atoms with Gasteiger partial charge in [-0.1, -0.05) is 19.3 Å². The Morgan fingerprint density at radius 3 is 3.05 bits per heavy atom. The number of thiophene rings is 1. The van der Waals surface area contributed by atoms with E-state index < -0.39 is 0 Å². The van der Waals surface area contributed by atoms with Gasteiger partial charge in [0.1, 0.15) is 0 Å². The molecule has 0 aromatic carbocycles. The van der Waals surface area contributed by atoms with Gasteiger partial charge in [0.25, 0.3) is 0 Å². The predicted octanol–water partition coefficient (Wildman–Crippen LogP) is 2.56. The highest BCUT2D eigenvalue weighted by Gasteiger charge is 2.22. The fourth-order valence-electron chi connectivity index (χ4n) is 3.11. The summed E-state index contributed by atoms with van der Waals surface area (Å²) in [6.45, 7) is 2.22. The maximum atomic E-state index is 12.2. The van der Waals surface area contributed by atoms with E-state index in [1.165, 1.54) is 42.5 Å². The van der Waals surface area contributed by atoms with E-state index in [0.29, 0.717) is 12.6 Å². The van der Waals surface area contributed by atoms with Crippen LogP contribution in [0.5, 0.6) is 0 Å². The summed E-state index contributed by atoms with van der Waals surface area (Å²) < 4.78 is 0. The Morgan fingerprint density at radius 1 is 1.37 bits per heavy atom. The number of amides is 1. The monoisotopic (exact) mass is 278 g/mol. The first-order chi connectivity index (χ1) is 9.33. The lowest BCUT2D eigenvalue weighted by Crippen LogP contribution is -2.43. The first-order valence-electron chi connectivity index (χ1n) is 7.39. The molecular weight excluding hydrogens is 256 g/mol. The van der Waals surface area contributed by atoms with Crippen molar-refractivity contribution in [2.75, 3.05) is 13.1 Å². The Labute approximate surface area is 119 Å². The largest absolute Gasteiger partial charge is 0.337 e. The van der Waals surface area contributed by atoms with Crippen LogP contribution in [0.25, 0.3) is 0 Å². The zero-order chi connectivity index (χ0) is 13.1. The van der Waals surface area contributed by atoms with Crippen molar-refractivity contribution >= 4 is 17.2 Å². The highest BCUT2D eigenvalue weighted by atomic mass is 32.1. The third kappa shape index (κ3) is 3.18. The molecule has 4 heteroatoms. The van der Waals surface area contributed by atoms with E-state index in [0.717, 1.165) is 19.5 Å². The van der Waals surface area contributed by atoms with Gasteiger partial charge in [-0.05, 0) is 36.3 Å². The van der Waals surface area contributed by atoms with Crippen LogP contribution >= 0.6 is 11.3 Å². The summed E-state index contributed by atoms with van der Waals surface area (Å²) in [5.41, 5.74) is 1.35. The second kappa shape index (κ2) is 6.06. The highest BCUT2D eigenvalue weighted by molar-refractivity contribution is 7.10. The van der Waals surface area contributed by atoms with Gasteiger partial charge in [-0.15, -0.1) is 11.3 Å². The van der Waals surface area contributed by atoms with Crippen molar-refractivity contribution in [3.63, 3.8) is 0 Å². The molecule has 104 valence electrons. The third-order valence-electron chi connectivity index (χ3n) is 4.31. The van der Waals surface area contributed by atoms with Gasteiger partial charge in [0.15, 0.2) is 0 Å². The fraction of sp³-hybridized carbons (Fsp3) is 0.667. The van der Waals surface area contributed by atoms with Crippen molar-refractivity contribution < 1.29 is 4.79 Å². The first-order valence-corrected chi connectivity index (χ1v) is 8.27. The number of nitrogens with zero attached hydrogens (tertiary/aromatic N) is 1. The van der Waals surface area contributed by atoms with Crippen LogP contribution in [0.15, 0.2) is 11.4 Å². The minimum Gasteiger partial charge on any atom is -0.337 e. The average molecular weight is 278 g/mol. The molecule has 19 heavy (non-hydrogen) atoms. The number of hydrogen-bond donors (Lipinski definition) is 1. The standard InChI is InChI=1S/C15H22N2OS/c18-15(10-16-13-4-2-1-3-5-13)17-8-6-14-12(11-17)7-9-19-14/h7,9,13,16H,1-6,8,10-11H2. The fourth-order valence-corrected chi connectivity index (χ4v) is 4.00. The van der Waals surface area contributed by atoms with Crippen LogP contribution in [-0.2, 0) is 17.8 Å². The Bertz CT molecular complexity index is 437. The number of fused-ring (bicyclic) bond motifs is 1. The summed E-state index contributed by atoms with van der Waals surface area (Å²) in [4.78, 5) is 15.7. The van der Waals surface area contributed by atoms with Crippen LogP contribution in [0.4, 0.5) is 0 Å². The lowest BCUT2D eigenvalue weighted by atomic mass is 9.95. The molecule has 0 saturated heterocycles. The first kappa shape index (κ1) is 13.1. The Morgan fingerprint density at radius 2 is 2.21 bits per heavy atom. The normalized spacial score (nSPS) is 20.3. The van der Waals surface area contributed by atoms with Crippen molar-refractivity contribution in [2.45, 2.75) is 51.1 Å². The van der Waals surface area contributed by atoms with E-state index in [9.17, 15) is 4.79 Å². The second-order valence-electron chi connectivity index (χ2n) is 5.65. The summed E-state index contributed by atoms with van der Waals surface area (Å²) in [6, 6.07) is 2.73. The molecule has 1 saturated carbocycles. The molecule has 0 unspecified atom stereocenters. The van der Waals surface area contributed by atoms with E-state index in [1.807, 2.05) is 16.2 Å². The quantitative estimate of drug-likeness (QED) is 0.921. The number of carbonyl (C=O) groups is 1. The van der Waals surface area contributed by atoms with Gasteiger partial charge in [0.2, 0.25) is 5.91 Å². The van der Waals surface area contributed by atoms with Gasteiger partial charge in [-0.2, -0.15) is 0 Å². The summed E-state index contributed by atoms with van der Waals surface area (Å²) in [5, 5.41) is 5.59. The predicted molar refractivity (Wildman–Crippen MR) is 78.3 cm³/mol. The third-order valence-corrected chi connectivity index (χ3v) is 5.33. The topological polar surface area (TPSA) is 32.3 Å². The van der Waals surface area contributed by atoms with Gasteiger partial charge >= 0.3 is 0 Å². The molecule has 1 aromatic heterocycles. The average Bonchev–Trinajstić information content (AvgIpc) is 2.93. The maximum Gasteiger partial charge on any atom is 0.236 e. The van der Waals surface area contributed by atoms with Crippen molar-refractivity contribution in [3.05, 3.63) is 21.9 Å². The summed E-state index contributed by atoms with van der Waals surface area (Å²) in [7, 11) is 0. The summed E-state index contributed by atoms with van der Waals surface area (Å²) >= 11 is 1.82. The van der Waals surface area contributed by atoms with E-state index in [4.69, 9.17) is 0 Å². The Kier molecular flexibility index (Phi) is 4.18. The molecule has 0 atom stereocenters. The molecule has 1 fully saturated rings. The maximum absolute atomic E-state index is 12.2. The van der Waals surface area contributed by atoms with E-state index >= 15 is 0 Å². The van der Waals surface area contributed by atoms with Crippen LogP contribution in [0, 0.1) is 0 Å². The summed E-state index contributed by atoms with van der Waals surface area (Å²) in [5.74, 6) is 0.266. The number of hydrogen-bond acceptors (Lipinski definition) is 3. The minimum atomic E-state index is 0.266. The SMILES string of the molecule is O=C(CNC1CCCCC1)N1CCc2sccc2C1. The van der Waals surface area contributed by atoms with Crippen molar-refractivity contribution in [2.24, 2.45) is 0 Å². The molecule has 1 aromatic rings. The molecule has 1 N–H and O–H groups in total. The smallest absolute Gasteiger partial charge is 0.236 e. The lowest BCUT2D eigenvalue weighted by Gasteiger charge is -2.29. The van der Waals surface area contributed by atoms with Crippen LogP contribution in [0.1, 0.15) is 42.5 Å². The number of nitrogens with one attached hydrogen (secondary N) is 1. The molecule has 2 aliphatic rings. The van der Waals surface area contributed by atoms with Gasteiger partial charge < -0.3 is 10.2 Å². The van der Waals surface area contributed by atoms with Gasteiger partial charge in [-0.3, -0.25) is 4.79 Å². The molecule has 3 rings (SSSR count). The van der Waals surface area contributed by atoms with Crippen LogP contribution in [0.2, 0.25) is 0 Å². The molecule has 1 aliphatic carbocycles. The van der Waals surface area contributed by atoms with Gasteiger partial charge in [0.05, 0.1) is 6.54 Å². The minimum absolute atomic E-state index is 0.266. The van der Waals surface area contributed by atoms with E-state index in [-0.39, 0.29) is 5.91 Å². The van der Waals surface area contributed by atoms with Crippen LogP contribution in [-0.4, -0.2) is 29.9 Å². The van der Waals surface area contributed by atoms with E-state index in [2.05, 4.69) is 16.8 Å². The number of carbonyl (C=O) groups excluding carboxylic acids is 1. The molecular formula is C15H22N2OS. The second-order valence-corrected chi connectivity index (χ2v) is 6.65. The lowest BCUT2D eigenvalue weighted by molar-refractivity contribution is -0.131. The molecule has 0 radical (unpaired) electrons. The highest BCUT2D eigenvalue weighted by Crippen LogP contribution is 2.24. The van der Waals surface area contributed by atoms with Crippen LogP contribution in [0.3, 0.4) is 0 Å². The van der Waals surface area contributed by atoms with Crippen LogP contribution < -0.4 is 5.32 Å². The Balaban J connectivity index is 1.48. The zero-order valence-corrected chi connectivity index (χ0v) is 12.2. The van der Waals surface area contributed by atoms with Crippen molar-refractivity contribution in [1.82, 2.24) is 10.2 Å². The zero-order valence-electron chi connectivity index (χ0n) is 11.4. The molecule has 1 aliphatic heterocycles. The van der Waals surface area contributed by atoms with Crippen molar-refractivity contribution in [1.29, 1.82) is 0 Å². The molecule has 0 spiro atoms. The van der Waals surface area contributed by atoms with Crippen molar-refractivity contribution in [3.8, 4) is 0 Å². The Hall–Kier alpha value is -0.870. The van der Waals surface area contributed by atoms with E-state index in [1.54, 1.807) is 0 Å². The summed E-state index contributed by atoms with van der Waals surface area (Å²) in [6.07, 6.45) is 7.49. The van der Waals surface area contributed by atoms with Gasteiger partial charge in [0, 0.05) is 24.0 Å². The number of rotatable bonds is 3. The molecule has 0 bridgehead atoms. The molecule has 3 nitrogen and oxygen atoms in total.